The van der Waals surface area contributed by atoms with Gasteiger partial charge in [0.15, 0.2) is 0 Å². The smallest absolute Gasteiger partial charge is 0.115 e. The highest BCUT2D eigenvalue weighted by Gasteiger charge is 2.39. The van der Waals surface area contributed by atoms with Gasteiger partial charge in [-0.25, -0.2) is 0 Å². The Balaban J connectivity index is 0.000000774. The third kappa shape index (κ3) is 2.63. The molecule has 0 heterocycles. The van der Waals surface area contributed by atoms with Gasteiger partial charge in [-0.3, -0.25) is 0 Å². The van der Waals surface area contributed by atoms with Crippen LogP contribution in [0.4, 0.5) is 0 Å². The predicted molar refractivity (Wildman–Crippen MR) is 87.0 cm³/mol. The van der Waals surface area contributed by atoms with Crippen molar-refractivity contribution in [2.24, 2.45) is 0 Å². The molecule has 2 atom stereocenters. The van der Waals surface area contributed by atoms with Gasteiger partial charge in [0, 0.05) is 5.41 Å². The summed E-state index contributed by atoms with van der Waals surface area (Å²) in [4.78, 5) is 0. The number of hydrogen-bond acceptors (Lipinski definition) is 2. The maximum atomic E-state index is 9.77. The van der Waals surface area contributed by atoms with Crippen LogP contribution in [-0.2, 0) is 5.41 Å². The molecule has 112 valence electrons. The van der Waals surface area contributed by atoms with Crippen LogP contribution >= 0.6 is 0 Å². The molecule has 0 aliphatic heterocycles. The first-order valence-corrected chi connectivity index (χ1v) is 7.63. The number of aromatic hydroxyl groups is 2. The molecule has 2 nitrogen and oxygen atoms in total. The minimum atomic E-state index is -0.0960. The van der Waals surface area contributed by atoms with Crippen LogP contribution in [0.2, 0.25) is 0 Å². The molecule has 21 heavy (non-hydrogen) atoms. The molecular formula is C19H24O2. The van der Waals surface area contributed by atoms with E-state index in [2.05, 4.69) is 13.8 Å². The molecule has 2 aromatic rings. The highest BCUT2D eigenvalue weighted by molar-refractivity contribution is 5.52. The van der Waals surface area contributed by atoms with Crippen LogP contribution in [0.25, 0.3) is 0 Å². The normalized spacial score (nSPS) is 23.1. The fourth-order valence-corrected chi connectivity index (χ4v) is 3.39. The standard InChI is InChI=1S/C17H18O2.C2H6/c1-11-10-17(2,12-3-5-13(18)6-4-12)16-9-14(19)7-8-15(11)16;1-2/h3-9,11,18-19H,10H2,1-2H3;1-2H3. The molecule has 0 fully saturated rings. The lowest BCUT2D eigenvalue weighted by Gasteiger charge is -2.26. The van der Waals surface area contributed by atoms with Crippen molar-refractivity contribution < 1.29 is 10.2 Å². The number of rotatable bonds is 1. The Labute approximate surface area is 127 Å². The number of hydrogen-bond donors (Lipinski definition) is 2. The molecule has 3 rings (SSSR count). The molecule has 0 bridgehead atoms. The lowest BCUT2D eigenvalue weighted by molar-refractivity contribution is 0.469. The van der Waals surface area contributed by atoms with Crippen LogP contribution in [0.15, 0.2) is 42.5 Å². The van der Waals surface area contributed by atoms with E-state index in [1.807, 2.05) is 38.1 Å². The van der Waals surface area contributed by atoms with E-state index in [4.69, 9.17) is 0 Å². The third-order valence-electron chi connectivity index (χ3n) is 4.38. The average Bonchev–Trinajstić information content (AvgIpc) is 2.74. The Morgan fingerprint density at radius 1 is 0.952 bits per heavy atom. The molecule has 0 amide bonds. The first-order chi connectivity index (χ1) is 10.0. The largest absolute Gasteiger partial charge is 0.508 e. The minimum Gasteiger partial charge on any atom is -0.508 e. The maximum Gasteiger partial charge on any atom is 0.115 e. The van der Waals surface area contributed by atoms with Crippen molar-refractivity contribution in [1.29, 1.82) is 0 Å². The summed E-state index contributed by atoms with van der Waals surface area (Å²) in [6.07, 6.45) is 1.02. The van der Waals surface area contributed by atoms with Crippen molar-refractivity contribution in [3.05, 3.63) is 59.2 Å². The van der Waals surface area contributed by atoms with Gasteiger partial charge >= 0.3 is 0 Å². The van der Waals surface area contributed by atoms with Gasteiger partial charge in [-0.05, 0) is 53.3 Å². The van der Waals surface area contributed by atoms with E-state index >= 15 is 0 Å². The van der Waals surface area contributed by atoms with Gasteiger partial charge in [0.1, 0.15) is 11.5 Å². The van der Waals surface area contributed by atoms with E-state index < -0.39 is 0 Å². The van der Waals surface area contributed by atoms with E-state index in [0.717, 1.165) is 6.42 Å². The van der Waals surface area contributed by atoms with Crippen molar-refractivity contribution in [1.82, 2.24) is 0 Å². The van der Waals surface area contributed by atoms with Gasteiger partial charge < -0.3 is 10.2 Å². The van der Waals surface area contributed by atoms with Crippen LogP contribution < -0.4 is 0 Å². The highest BCUT2D eigenvalue weighted by atomic mass is 16.3. The highest BCUT2D eigenvalue weighted by Crippen LogP contribution is 2.50. The molecule has 0 aromatic heterocycles. The van der Waals surface area contributed by atoms with Crippen molar-refractivity contribution in [2.45, 2.75) is 45.4 Å². The van der Waals surface area contributed by atoms with E-state index in [-0.39, 0.29) is 11.2 Å². The zero-order valence-electron chi connectivity index (χ0n) is 13.2. The van der Waals surface area contributed by atoms with Crippen LogP contribution in [0.3, 0.4) is 0 Å². The number of phenolic OH excluding ortho intramolecular Hbond substituents is 2. The molecule has 1 aliphatic rings. The first-order valence-electron chi connectivity index (χ1n) is 7.63. The Morgan fingerprint density at radius 3 is 2.14 bits per heavy atom. The summed E-state index contributed by atoms with van der Waals surface area (Å²) < 4.78 is 0. The summed E-state index contributed by atoms with van der Waals surface area (Å²) in [6, 6.07) is 13.1. The number of benzene rings is 2. The maximum absolute atomic E-state index is 9.77. The zero-order valence-corrected chi connectivity index (χ0v) is 13.2. The number of phenols is 2. The Morgan fingerprint density at radius 2 is 1.52 bits per heavy atom. The van der Waals surface area contributed by atoms with E-state index in [1.165, 1.54) is 16.7 Å². The van der Waals surface area contributed by atoms with E-state index in [1.54, 1.807) is 18.2 Å². The summed E-state index contributed by atoms with van der Waals surface area (Å²) in [7, 11) is 0. The molecule has 1 aliphatic carbocycles. The summed E-state index contributed by atoms with van der Waals surface area (Å²) in [6.45, 7) is 8.43. The van der Waals surface area contributed by atoms with Crippen LogP contribution in [0, 0.1) is 0 Å². The van der Waals surface area contributed by atoms with Crippen LogP contribution in [-0.4, -0.2) is 10.2 Å². The second-order valence-corrected chi connectivity index (χ2v) is 5.76. The van der Waals surface area contributed by atoms with Gasteiger partial charge in [-0.1, -0.05) is 45.9 Å². The van der Waals surface area contributed by atoms with Crippen molar-refractivity contribution >= 4 is 0 Å². The molecule has 2 aromatic carbocycles. The predicted octanol–water partition coefficient (Wildman–Crippen LogP) is 4.94. The topological polar surface area (TPSA) is 40.5 Å². The second-order valence-electron chi connectivity index (χ2n) is 5.76. The lowest BCUT2D eigenvalue weighted by atomic mass is 9.77. The van der Waals surface area contributed by atoms with Gasteiger partial charge in [0.2, 0.25) is 0 Å². The van der Waals surface area contributed by atoms with Gasteiger partial charge in [0.25, 0.3) is 0 Å². The van der Waals surface area contributed by atoms with Gasteiger partial charge in [-0.15, -0.1) is 0 Å². The average molecular weight is 284 g/mol. The number of fused-ring (bicyclic) bond motifs is 1. The van der Waals surface area contributed by atoms with E-state index in [9.17, 15) is 10.2 Å². The fourth-order valence-electron chi connectivity index (χ4n) is 3.39. The first kappa shape index (κ1) is 15.4. The van der Waals surface area contributed by atoms with E-state index in [0.29, 0.717) is 11.7 Å². The molecule has 0 spiro atoms. The Kier molecular flexibility index (Phi) is 4.26. The third-order valence-corrected chi connectivity index (χ3v) is 4.38. The zero-order chi connectivity index (χ0) is 15.6. The van der Waals surface area contributed by atoms with Gasteiger partial charge in [-0.2, -0.15) is 0 Å². The second kappa shape index (κ2) is 5.80. The SMILES string of the molecule is CC.CC1CC(C)(c2ccc(O)cc2)c2cc(O)ccc21. The summed E-state index contributed by atoms with van der Waals surface area (Å²) in [5, 5.41) is 19.2. The minimum absolute atomic E-state index is 0.0960. The summed E-state index contributed by atoms with van der Waals surface area (Å²) in [5.41, 5.74) is 3.60. The Hall–Kier alpha value is -1.96. The lowest BCUT2D eigenvalue weighted by Crippen LogP contribution is -2.19. The van der Waals surface area contributed by atoms with Crippen molar-refractivity contribution in [3.63, 3.8) is 0 Å². The molecule has 2 N–H and O–H groups in total. The van der Waals surface area contributed by atoms with Crippen molar-refractivity contribution in [2.75, 3.05) is 0 Å². The van der Waals surface area contributed by atoms with Gasteiger partial charge in [0.05, 0.1) is 0 Å². The monoisotopic (exact) mass is 284 g/mol. The molecular weight excluding hydrogens is 260 g/mol. The summed E-state index contributed by atoms with van der Waals surface area (Å²) in [5.74, 6) is 1.08. The summed E-state index contributed by atoms with van der Waals surface area (Å²) >= 11 is 0. The molecule has 2 heteroatoms. The molecule has 2 unspecified atom stereocenters. The quantitative estimate of drug-likeness (QED) is 0.779. The van der Waals surface area contributed by atoms with Crippen LogP contribution in [0.1, 0.15) is 56.7 Å². The fraction of sp³-hybridized carbons (Fsp3) is 0.368. The van der Waals surface area contributed by atoms with Crippen molar-refractivity contribution in [3.8, 4) is 11.5 Å². The molecule has 0 radical (unpaired) electrons. The molecule has 0 saturated carbocycles. The van der Waals surface area contributed by atoms with Crippen LogP contribution in [0.5, 0.6) is 11.5 Å². The molecule has 0 saturated heterocycles. The Bertz CT molecular complexity index is 616.